The van der Waals surface area contributed by atoms with E-state index in [1.165, 1.54) is 0 Å². The van der Waals surface area contributed by atoms with Gasteiger partial charge < -0.3 is 10.6 Å². The molecule has 0 saturated carbocycles. The summed E-state index contributed by atoms with van der Waals surface area (Å²) in [4.78, 5) is 29.1. The van der Waals surface area contributed by atoms with Crippen molar-refractivity contribution in [2.24, 2.45) is 0 Å². The van der Waals surface area contributed by atoms with E-state index < -0.39 is 0 Å². The summed E-state index contributed by atoms with van der Waals surface area (Å²) in [7, 11) is 1.58. The molecule has 3 rings (SSSR count). The first kappa shape index (κ1) is 18.7. The lowest BCUT2D eigenvalue weighted by atomic mass is 10.1. The highest BCUT2D eigenvalue weighted by atomic mass is 32.2. The smallest absolute Gasteiger partial charge is 0.255 e. The minimum Gasteiger partial charge on any atom is -0.355 e. The minimum absolute atomic E-state index is 0.160. The first-order valence-electron chi connectivity index (χ1n) is 8.41. The molecule has 1 heterocycles. The predicted molar refractivity (Wildman–Crippen MR) is 108 cm³/mol. The van der Waals surface area contributed by atoms with Crippen molar-refractivity contribution in [2.75, 3.05) is 12.4 Å². The number of nitrogens with one attached hydrogen (secondary N) is 2. The third-order valence-electron chi connectivity index (χ3n) is 3.88. The molecule has 0 radical (unpaired) electrons. The van der Waals surface area contributed by atoms with Crippen LogP contribution in [0.5, 0.6) is 0 Å². The van der Waals surface area contributed by atoms with Crippen molar-refractivity contribution >= 4 is 29.3 Å². The third kappa shape index (κ3) is 5.18. The van der Waals surface area contributed by atoms with Gasteiger partial charge >= 0.3 is 0 Å². The zero-order valence-corrected chi connectivity index (χ0v) is 15.6. The number of hydrogen-bond acceptors (Lipinski definition) is 4. The van der Waals surface area contributed by atoms with Gasteiger partial charge in [-0.2, -0.15) is 0 Å². The maximum absolute atomic E-state index is 12.4. The van der Waals surface area contributed by atoms with Gasteiger partial charge in [0.2, 0.25) is 0 Å². The van der Waals surface area contributed by atoms with Crippen molar-refractivity contribution in [1.29, 1.82) is 0 Å². The first-order chi connectivity index (χ1) is 13.2. The number of benzene rings is 2. The SMILES string of the molecule is CNC(=O)c1ccc(NC(=O)c2ccc(SCc3cccnc3)cc2)cc1. The molecule has 0 aliphatic carbocycles. The fourth-order valence-electron chi connectivity index (χ4n) is 2.41. The van der Waals surface area contributed by atoms with Gasteiger partial charge in [-0.3, -0.25) is 14.6 Å². The van der Waals surface area contributed by atoms with Gasteiger partial charge in [0.15, 0.2) is 0 Å². The molecule has 6 heteroatoms. The normalized spacial score (nSPS) is 10.3. The fraction of sp³-hybridized carbons (Fsp3) is 0.0952. The van der Waals surface area contributed by atoms with E-state index in [-0.39, 0.29) is 11.8 Å². The fourth-order valence-corrected chi connectivity index (χ4v) is 3.24. The average Bonchev–Trinajstić information content (AvgIpc) is 2.73. The molecule has 1 aromatic heterocycles. The Hall–Kier alpha value is -3.12. The van der Waals surface area contributed by atoms with Crippen LogP contribution in [-0.2, 0) is 5.75 Å². The maximum Gasteiger partial charge on any atom is 0.255 e. The van der Waals surface area contributed by atoms with Crippen LogP contribution in [-0.4, -0.2) is 23.8 Å². The Morgan fingerprint density at radius 2 is 1.59 bits per heavy atom. The number of aromatic nitrogens is 1. The molecule has 27 heavy (non-hydrogen) atoms. The molecule has 0 spiro atoms. The van der Waals surface area contributed by atoms with Crippen LogP contribution in [0.4, 0.5) is 5.69 Å². The number of carbonyl (C=O) groups excluding carboxylic acids is 2. The molecule has 2 amide bonds. The molecule has 2 aromatic carbocycles. The van der Waals surface area contributed by atoms with Crippen molar-refractivity contribution in [3.05, 3.63) is 89.7 Å². The number of carbonyl (C=O) groups is 2. The van der Waals surface area contributed by atoms with Gasteiger partial charge in [-0.25, -0.2) is 0 Å². The average molecular weight is 377 g/mol. The van der Waals surface area contributed by atoms with Crippen molar-refractivity contribution in [3.63, 3.8) is 0 Å². The van der Waals surface area contributed by atoms with E-state index in [2.05, 4.69) is 15.6 Å². The molecule has 0 aliphatic rings. The summed E-state index contributed by atoms with van der Waals surface area (Å²) in [6, 6.07) is 18.2. The molecule has 5 nitrogen and oxygen atoms in total. The lowest BCUT2D eigenvalue weighted by molar-refractivity contribution is 0.0962. The highest BCUT2D eigenvalue weighted by molar-refractivity contribution is 7.98. The number of hydrogen-bond donors (Lipinski definition) is 2. The summed E-state index contributed by atoms with van der Waals surface area (Å²) in [6.45, 7) is 0. The summed E-state index contributed by atoms with van der Waals surface area (Å²) in [5, 5.41) is 5.40. The highest BCUT2D eigenvalue weighted by Gasteiger charge is 2.08. The topological polar surface area (TPSA) is 71.1 Å². The summed E-state index contributed by atoms with van der Waals surface area (Å²) < 4.78 is 0. The first-order valence-corrected chi connectivity index (χ1v) is 9.39. The van der Waals surface area contributed by atoms with Crippen LogP contribution >= 0.6 is 11.8 Å². The van der Waals surface area contributed by atoms with Crippen LogP contribution in [0.1, 0.15) is 26.3 Å². The highest BCUT2D eigenvalue weighted by Crippen LogP contribution is 2.23. The van der Waals surface area contributed by atoms with Crippen LogP contribution < -0.4 is 10.6 Å². The minimum atomic E-state index is -0.188. The van der Waals surface area contributed by atoms with Gasteiger partial charge in [0, 0.05) is 46.9 Å². The zero-order valence-electron chi connectivity index (χ0n) is 14.8. The Morgan fingerprint density at radius 3 is 2.22 bits per heavy atom. The molecule has 0 atom stereocenters. The summed E-state index contributed by atoms with van der Waals surface area (Å²) in [5.41, 5.74) is 2.92. The summed E-state index contributed by atoms with van der Waals surface area (Å²) >= 11 is 1.69. The number of rotatable bonds is 6. The van der Waals surface area contributed by atoms with Crippen molar-refractivity contribution in [3.8, 4) is 0 Å². The molecule has 0 saturated heterocycles. The maximum atomic E-state index is 12.4. The molecular formula is C21H19N3O2S. The molecule has 0 unspecified atom stereocenters. The van der Waals surface area contributed by atoms with Gasteiger partial charge in [-0.15, -0.1) is 11.8 Å². The van der Waals surface area contributed by atoms with Crippen molar-refractivity contribution < 1.29 is 9.59 Å². The molecule has 3 aromatic rings. The largest absolute Gasteiger partial charge is 0.355 e. The third-order valence-corrected chi connectivity index (χ3v) is 4.96. The van der Waals surface area contributed by atoms with E-state index >= 15 is 0 Å². The Bertz CT molecular complexity index is 910. The number of anilines is 1. The van der Waals surface area contributed by atoms with Crippen LogP contribution in [0, 0.1) is 0 Å². The van der Waals surface area contributed by atoms with E-state index in [1.54, 1.807) is 61.4 Å². The quantitative estimate of drug-likeness (QED) is 0.637. The van der Waals surface area contributed by atoms with Gasteiger partial charge in [0.25, 0.3) is 11.8 Å². The van der Waals surface area contributed by atoms with Crippen molar-refractivity contribution in [2.45, 2.75) is 10.6 Å². The molecule has 0 fully saturated rings. The van der Waals surface area contributed by atoms with Crippen LogP contribution in [0.2, 0.25) is 0 Å². The Kier molecular flexibility index (Phi) is 6.22. The molecule has 0 aliphatic heterocycles. The number of nitrogens with zero attached hydrogens (tertiary/aromatic N) is 1. The van der Waals surface area contributed by atoms with E-state index in [0.29, 0.717) is 16.8 Å². The number of thioether (sulfide) groups is 1. The monoisotopic (exact) mass is 377 g/mol. The second kappa shape index (κ2) is 9.00. The van der Waals surface area contributed by atoms with E-state index in [4.69, 9.17) is 0 Å². The molecule has 136 valence electrons. The second-order valence-electron chi connectivity index (χ2n) is 5.78. The Balaban J connectivity index is 1.58. The molecular weight excluding hydrogens is 358 g/mol. The predicted octanol–water partition coefficient (Wildman–Crippen LogP) is 3.99. The lowest BCUT2D eigenvalue weighted by Crippen LogP contribution is -2.17. The number of amides is 2. The summed E-state index contributed by atoms with van der Waals surface area (Å²) in [5.74, 6) is 0.482. The Labute approximate surface area is 162 Å². The summed E-state index contributed by atoms with van der Waals surface area (Å²) in [6.07, 6.45) is 3.61. The van der Waals surface area contributed by atoms with Crippen LogP contribution in [0.25, 0.3) is 0 Å². The lowest BCUT2D eigenvalue weighted by Gasteiger charge is -2.07. The van der Waals surface area contributed by atoms with E-state index in [1.807, 2.05) is 30.5 Å². The second-order valence-corrected chi connectivity index (χ2v) is 6.83. The van der Waals surface area contributed by atoms with Crippen LogP contribution in [0.3, 0.4) is 0 Å². The Morgan fingerprint density at radius 1 is 0.926 bits per heavy atom. The van der Waals surface area contributed by atoms with Gasteiger partial charge in [0.05, 0.1) is 0 Å². The van der Waals surface area contributed by atoms with E-state index in [0.717, 1.165) is 16.2 Å². The number of pyridine rings is 1. The molecule has 0 bridgehead atoms. The van der Waals surface area contributed by atoms with Gasteiger partial charge in [-0.1, -0.05) is 6.07 Å². The van der Waals surface area contributed by atoms with Gasteiger partial charge in [0.1, 0.15) is 0 Å². The zero-order chi connectivity index (χ0) is 19.1. The van der Waals surface area contributed by atoms with Gasteiger partial charge in [-0.05, 0) is 60.2 Å². The molecule has 2 N–H and O–H groups in total. The van der Waals surface area contributed by atoms with E-state index in [9.17, 15) is 9.59 Å². The van der Waals surface area contributed by atoms with Crippen LogP contribution in [0.15, 0.2) is 78.0 Å². The van der Waals surface area contributed by atoms with Crippen molar-refractivity contribution in [1.82, 2.24) is 10.3 Å². The standard InChI is InChI=1S/C21H19N3O2S/c1-22-20(25)16-4-8-18(9-5-16)24-21(26)17-6-10-19(11-7-17)27-14-15-3-2-12-23-13-15/h2-13H,14H2,1H3,(H,22,25)(H,24,26).